The molecule has 1 aromatic heterocycles. The van der Waals surface area contributed by atoms with Gasteiger partial charge in [-0.15, -0.1) is 0 Å². The van der Waals surface area contributed by atoms with E-state index in [2.05, 4.69) is 56.6 Å². The summed E-state index contributed by atoms with van der Waals surface area (Å²) in [5.41, 5.74) is 2.22. The fraction of sp³-hybridized carbons (Fsp3) is 0.310. The van der Waals surface area contributed by atoms with Crippen LogP contribution in [0.3, 0.4) is 0 Å². The van der Waals surface area contributed by atoms with Gasteiger partial charge in [-0.05, 0) is 41.0 Å². The molecule has 2 atom stereocenters. The highest BCUT2D eigenvalue weighted by Crippen LogP contribution is 2.26. The molecule has 0 spiro atoms. The number of hydrogen-bond donors (Lipinski definition) is 2. The molecule has 1 aliphatic heterocycles. The number of ether oxygens (including phenoxy) is 1. The Bertz CT molecular complexity index is 1290. The van der Waals surface area contributed by atoms with E-state index in [1.807, 2.05) is 6.07 Å². The highest BCUT2D eigenvalue weighted by Gasteiger charge is 2.32. The van der Waals surface area contributed by atoms with Crippen LogP contribution < -0.4 is 10.1 Å². The maximum atomic E-state index is 13.6. The Morgan fingerprint density at radius 1 is 1.08 bits per heavy atom. The number of imidazole rings is 1. The standard InChI is InChI=1S/C29H31FN4O2/c30-26-6-3-7-28(14-26)36-19-22-13-25(29(35)32-11-10-27-15-31-20-33-27)18-34(17-22)16-21-8-9-23-4-1-2-5-24(23)12-21/h1-9,12,14-15,20,22,25H,10-11,13,16-19H2,(H,31,33)(H,32,35)/t22-,25+/m0/s1. The number of hydrogen-bond acceptors (Lipinski definition) is 4. The zero-order chi connectivity index (χ0) is 24.7. The number of rotatable bonds is 9. The maximum Gasteiger partial charge on any atom is 0.224 e. The Labute approximate surface area is 210 Å². The quantitative estimate of drug-likeness (QED) is 0.363. The fourth-order valence-corrected chi connectivity index (χ4v) is 4.99. The number of H-pyrrole nitrogens is 1. The van der Waals surface area contributed by atoms with Crippen molar-refractivity contribution in [2.45, 2.75) is 19.4 Å². The number of carbonyl (C=O) groups is 1. The van der Waals surface area contributed by atoms with Crippen molar-refractivity contribution < 1.29 is 13.9 Å². The Morgan fingerprint density at radius 3 is 2.81 bits per heavy atom. The van der Waals surface area contributed by atoms with Crippen molar-refractivity contribution >= 4 is 16.7 Å². The van der Waals surface area contributed by atoms with Gasteiger partial charge in [0.15, 0.2) is 0 Å². The van der Waals surface area contributed by atoms with Crippen molar-refractivity contribution in [3.05, 3.63) is 96.3 Å². The average Bonchev–Trinajstić information content (AvgIpc) is 3.41. The van der Waals surface area contributed by atoms with Crippen LogP contribution in [-0.2, 0) is 17.8 Å². The lowest BCUT2D eigenvalue weighted by Crippen LogP contribution is -2.47. The summed E-state index contributed by atoms with van der Waals surface area (Å²) in [5, 5.41) is 5.53. The Balaban J connectivity index is 1.25. The highest BCUT2D eigenvalue weighted by molar-refractivity contribution is 5.83. The summed E-state index contributed by atoms with van der Waals surface area (Å²) in [7, 11) is 0. The van der Waals surface area contributed by atoms with Crippen molar-refractivity contribution in [2.24, 2.45) is 11.8 Å². The molecule has 2 N–H and O–H groups in total. The van der Waals surface area contributed by atoms with Crippen LogP contribution in [0.25, 0.3) is 10.8 Å². The third-order valence-corrected chi connectivity index (χ3v) is 6.73. The van der Waals surface area contributed by atoms with Gasteiger partial charge in [-0.1, -0.05) is 42.5 Å². The van der Waals surface area contributed by atoms with E-state index in [1.54, 1.807) is 24.7 Å². The van der Waals surface area contributed by atoms with Gasteiger partial charge in [0.1, 0.15) is 11.6 Å². The van der Waals surface area contributed by atoms with Gasteiger partial charge in [-0.2, -0.15) is 0 Å². The van der Waals surface area contributed by atoms with Gasteiger partial charge in [0.2, 0.25) is 5.91 Å². The van der Waals surface area contributed by atoms with Crippen LogP contribution in [0.5, 0.6) is 5.75 Å². The second kappa shape index (κ2) is 11.4. The number of nitrogens with one attached hydrogen (secondary N) is 2. The van der Waals surface area contributed by atoms with Crippen LogP contribution in [0, 0.1) is 17.7 Å². The van der Waals surface area contributed by atoms with Crippen LogP contribution in [0.2, 0.25) is 0 Å². The Hall–Kier alpha value is -3.71. The first kappa shape index (κ1) is 24.0. The molecule has 5 rings (SSSR count). The van der Waals surface area contributed by atoms with Gasteiger partial charge >= 0.3 is 0 Å². The van der Waals surface area contributed by atoms with E-state index in [9.17, 15) is 9.18 Å². The van der Waals surface area contributed by atoms with Crippen molar-refractivity contribution in [3.8, 4) is 5.75 Å². The lowest BCUT2D eigenvalue weighted by atomic mass is 9.88. The molecule has 0 unspecified atom stereocenters. The Kier molecular flexibility index (Phi) is 7.57. The molecule has 3 aromatic carbocycles. The average molecular weight is 487 g/mol. The number of benzene rings is 3. The second-order valence-corrected chi connectivity index (χ2v) is 9.56. The van der Waals surface area contributed by atoms with Crippen molar-refractivity contribution in [3.63, 3.8) is 0 Å². The molecule has 0 bridgehead atoms. The van der Waals surface area contributed by atoms with Crippen molar-refractivity contribution in [2.75, 3.05) is 26.2 Å². The van der Waals surface area contributed by atoms with Gasteiger partial charge < -0.3 is 15.0 Å². The third kappa shape index (κ3) is 6.29. The molecule has 6 nitrogen and oxygen atoms in total. The monoisotopic (exact) mass is 486 g/mol. The summed E-state index contributed by atoms with van der Waals surface area (Å²) in [5.74, 6) is 0.284. The van der Waals surface area contributed by atoms with Crippen molar-refractivity contribution in [1.82, 2.24) is 20.2 Å². The molecule has 36 heavy (non-hydrogen) atoms. The number of piperidine rings is 1. The lowest BCUT2D eigenvalue weighted by molar-refractivity contribution is -0.127. The largest absolute Gasteiger partial charge is 0.493 e. The topological polar surface area (TPSA) is 70.2 Å². The van der Waals surface area contributed by atoms with E-state index in [-0.39, 0.29) is 23.6 Å². The number of carbonyl (C=O) groups excluding carboxylic acids is 1. The predicted octanol–water partition coefficient (Wildman–Crippen LogP) is 4.58. The van der Waals surface area contributed by atoms with Crippen LogP contribution in [0.15, 0.2) is 79.3 Å². The number of aromatic nitrogens is 2. The zero-order valence-electron chi connectivity index (χ0n) is 20.2. The SMILES string of the molecule is O=C(NCCc1cnc[nH]1)[C@@H]1C[C@H](COc2cccc(F)c2)CN(Cc2ccc3ccccc3c2)C1. The number of halogens is 1. The smallest absolute Gasteiger partial charge is 0.224 e. The number of nitrogens with zero attached hydrogens (tertiary/aromatic N) is 2. The van der Waals surface area contributed by atoms with Gasteiger partial charge in [0.25, 0.3) is 0 Å². The molecular formula is C29H31FN4O2. The first-order valence-corrected chi connectivity index (χ1v) is 12.5. The summed E-state index contributed by atoms with van der Waals surface area (Å²) in [4.78, 5) is 22.5. The van der Waals surface area contributed by atoms with E-state index >= 15 is 0 Å². The molecule has 0 radical (unpaired) electrons. The van der Waals surface area contributed by atoms with Gasteiger partial charge in [-0.3, -0.25) is 9.69 Å². The maximum absolute atomic E-state index is 13.6. The summed E-state index contributed by atoms with van der Waals surface area (Å²) >= 11 is 0. The number of aromatic amines is 1. The summed E-state index contributed by atoms with van der Waals surface area (Å²) in [6.07, 6.45) is 4.87. The van der Waals surface area contributed by atoms with Gasteiger partial charge in [-0.25, -0.2) is 9.37 Å². The zero-order valence-corrected chi connectivity index (χ0v) is 20.2. The molecule has 186 valence electrons. The molecule has 1 fully saturated rings. The minimum atomic E-state index is -0.316. The fourth-order valence-electron chi connectivity index (χ4n) is 4.99. The molecule has 1 saturated heterocycles. The summed E-state index contributed by atoms with van der Waals surface area (Å²) in [6.45, 7) is 3.28. The van der Waals surface area contributed by atoms with Crippen LogP contribution in [0.1, 0.15) is 17.7 Å². The number of amides is 1. The van der Waals surface area contributed by atoms with Gasteiger partial charge in [0.05, 0.1) is 18.9 Å². The molecule has 1 aliphatic rings. The van der Waals surface area contributed by atoms with Gasteiger partial charge in [0, 0.05) is 56.5 Å². The molecule has 0 aliphatic carbocycles. The first-order chi connectivity index (χ1) is 17.6. The second-order valence-electron chi connectivity index (χ2n) is 9.56. The minimum absolute atomic E-state index is 0.0634. The first-order valence-electron chi connectivity index (χ1n) is 12.5. The molecule has 0 saturated carbocycles. The van der Waals surface area contributed by atoms with Crippen molar-refractivity contribution in [1.29, 1.82) is 0 Å². The highest BCUT2D eigenvalue weighted by atomic mass is 19.1. The third-order valence-electron chi connectivity index (χ3n) is 6.73. The summed E-state index contributed by atoms with van der Waals surface area (Å²) in [6, 6.07) is 21.1. The molecule has 1 amide bonds. The molecule has 7 heteroatoms. The van der Waals surface area contributed by atoms with E-state index in [4.69, 9.17) is 4.74 Å². The van der Waals surface area contributed by atoms with E-state index < -0.39 is 0 Å². The van der Waals surface area contributed by atoms with E-state index in [1.165, 1.54) is 28.5 Å². The van der Waals surface area contributed by atoms with Crippen LogP contribution >= 0.6 is 0 Å². The minimum Gasteiger partial charge on any atom is -0.493 e. The summed E-state index contributed by atoms with van der Waals surface area (Å²) < 4.78 is 19.5. The van der Waals surface area contributed by atoms with E-state index in [0.29, 0.717) is 31.9 Å². The molecular weight excluding hydrogens is 455 g/mol. The molecule has 4 aromatic rings. The number of likely N-dealkylation sites (tertiary alicyclic amines) is 1. The predicted molar refractivity (Wildman–Crippen MR) is 138 cm³/mol. The number of fused-ring (bicyclic) bond motifs is 1. The van der Waals surface area contributed by atoms with E-state index in [0.717, 1.165) is 25.2 Å². The normalized spacial score (nSPS) is 18.2. The lowest BCUT2D eigenvalue weighted by Gasteiger charge is -2.37. The molecule has 2 heterocycles. The Morgan fingerprint density at radius 2 is 1.97 bits per heavy atom. The van der Waals surface area contributed by atoms with Crippen LogP contribution in [-0.4, -0.2) is 47.0 Å². The van der Waals surface area contributed by atoms with Crippen LogP contribution in [0.4, 0.5) is 4.39 Å².